The van der Waals surface area contributed by atoms with Gasteiger partial charge in [0.2, 0.25) is 21.8 Å². The number of aromatic nitrogens is 1. The Morgan fingerprint density at radius 3 is 2.56 bits per heavy atom. The Kier molecular flexibility index (Phi) is 6.52. The van der Waals surface area contributed by atoms with Crippen molar-refractivity contribution in [1.82, 2.24) is 10.3 Å². The van der Waals surface area contributed by atoms with Crippen LogP contribution < -0.4 is 19.7 Å². The number of hydrogen-bond acceptors (Lipinski definition) is 7. The molecule has 190 valence electrons. The van der Waals surface area contributed by atoms with Crippen molar-refractivity contribution >= 4 is 33.3 Å². The van der Waals surface area contributed by atoms with Gasteiger partial charge in [-0.3, -0.25) is 9.52 Å². The van der Waals surface area contributed by atoms with E-state index in [1.165, 1.54) is 13.3 Å². The van der Waals surface area contributed by atoms with Gasteiger partial charge in [-0.15, -0.1) is 0 Å². The number of nitrogens with zero attached hydrogens (tertiary/aromatic N) is 2. The maximum absolute atomic E-state index is 12.6. The fourth-order valence-electron chi connectivity index (χ4n) is 4.00. The second-order valence-corrected chi connectivity index (χ2v) is 11.3. The van der Waals surface area contributed by atoms with Crippen molar-refractivity contribution in [2.45, 2.75) is 32.6 Å². The van der Waals surface area contributed by atoms with E-state index in [2.05, 4.69) is 15.0 Å². The SMILES string of the molecule is COc1c(-c2ncc(-c3cccc(NS(C)(=O)=O)c3)o2)cc(N2C(=O)CCNC2=O)cc1C(C)(C)C. The minimum Gasteiger partial charge on any atom is -0.496 e. The summed E-state index contributed by atoms with van der Waals surface area (Å²) in [6, 6.07) is 9.66. The van der Waals surface area contributed by atoms with E-state index in [0.717, 1.165) is 16.7 Å². The summed E-state index contributed by atoms with van der Waals surface area (Å²) >= 11 is 0. The van der Waals surface area contributed by atoms with Crippen LogP contribution in [0.25, 0.3) is 22.8 Å². The summed E-state index contributed by atoms with van der Waals surface area (Å²) in [5.41, 5.74) is 2.23. The molecule has 4 rings (SSSR count). The van der Waals surface area contributed by atoms with Crippen LogP contribution in [0.1, 0.15) is 32.8 Å². The quantitative estimate of drug-likeness (QED) is 0.508. The van der Waals surface area contributed by atoms with Gasteiger partial charge >= 0.3 is 6.03 Å². The van der Waals surface area contributed by atoms with E-state index in [1.807, 2.05) is 20.8 Å². The molecule has 0 bridgehead atoms. The van der Waals surface area contributed by atoms with Crippen molar-refractivity contribution in [1.29, 1.82) is 0 Å². The number of oxazole rings is 1. The number of carbonyl (C=O) groups is 2. The number of benzene rings is 2. The predicted molar refractivity (Wildman–Crippen MR) is 137 cm³/mol. The molecule has 1 aromatic heterocycles. The summed E-state index contributed by atoms with van der Waals surface area (Å²) in [6.07, 6.45) is 2.79. The summed E-state index contributed by atoms with van der Waals surface area (Å²) in [7, 11) is -1.91. The van der Waals surface area contributed by atoms with Crippen LogP contribution in [0, 0.1) is 0 Å². The molecular weight excluding hydrogens is 484 g/mol. The van der Waals surface area contributed by atoms with E-state index in [4.69, 9.17) is 9.15 Å². The second-order valence-electron chi connectivity index (χ2n) is 9.52. The average molecular weight is 513 g/mol. The molecule has 2 N–H and O–H groups in total. The highest BCUT2D eigenvalue weighted by Gasteiger charge is 2.32. The number of urea groups is 1. The molecule has 0 atom stereocenters. The first kappa shape index (κ1) is 25.2. The molecule has 3 amide bonds. The lowest BCUT2D eigenvalue weighted by atomic mass is 9.84. The Bertz CT molecular complexity index is 1420. The van der Waals surface area contributed by atoms with E-state index in [9.17, 15) is 18.0 Å². The summed E-state index contributed by atoms with van der Waals surface area (Å²) < 4.78 is 37.5. The zero-order valence-electron chi connectivity index (χ0n) is 20.7. The van der Waals surface area contributed by atoms with Crippen molar-refractivity contribution in [2.24, 2.45) is 0 Å². The fraction of sp³-hybridized carbons (Fsp3) is 0.320. The number of methoxy groups -OCH3 is 1. The van der Waals surface area contributed by atoms with E-state index < -0.39 is 21.5 Å². The van der Waals surface area contributed by atoms with Crippen LogP contribution in [0.15, 0.2) is 47.0 Å². The molecule has 2 aromatic carbocycles. The number of sulfonamides is 1. The number of hydrogen-bond donors (Lipinski definition) is 2. The predicted octanol–water partition coefficient (Wildman–Crippen LogP) is 4.13. The van der Waals surface area contributed by atoms with Crippen LogP contribution >= 0.6 is 0 Å². The minimum absolute atomic E-state index is 0.193. The zero-order chi connectivity index (χ0) is 26.3. The summed E-state index contributed by atoms with van der Waals surface area (Å²) in [5, 5.41) is 2.70. The Balaban J connectivity index is 1.84. The van der Waals surface area contributed by atoms with E-state index >= 15 is 0 Å². The van der Waals surface area contributed by atoms with Gasteiger partial charge < -0.3 is 14.5 Å². The fourth-order valence-corrected chi connectivity index (χ4v) is 4.56. The van der Waals surface area contributed by atoms with Crippen molar-refractivity contribution in [2.75, 3.05) is 29.5 Å². The van der Waals surface area contributed by atoms with Gasteiger partial charge in [-0.25, -0.2) is 23.1 Å². The lowest BCUT2D eigenvalue weighted by Gasteiger charge is -2.29. The lowest BCUT2D eigenvalue weighted by Crippen LogP contribution is -2.50. The van der Waals surface area contributed by atoms with E-state index in [1.54, 1.807) is 36.4 Å². The Labute approximate surface area is 209 Å². The Hall–Kier alpha value is -3.86. The van der Waals surface area contributed by atoms with Gasteiger partial charge in [0.15, 0.2) is 5.76 Å². The number of imide groups is 1. The van der Waals surface area contributed by atoms with Crippen LogP contribution in [-0.2, 0) is 20.2 Å². The molecule has 3 aromatic rings. The largest absolute Gasteiger partial charge is 0.496 e. The number of anilines is 2. The number of rotatable bonds is 6. The first-order chi connectivity index (χ1) is 16.9. The Morgan fingerprint density at radius 2 is 1.92 bits per heavy atom. The van der Waals surface area contributed by atoms with Gasteiger partial charge in [-0.1, -0.05) is 32.9 Å². The molecular formula is C25H28N4O6S. The number of nitrogens with one attached hydrogen (secondary N) is 2. The van der Waals surface area contributed by atoms with Crippen molar-refractivity contribution in [3.05, 3.63) is 48.2 Å². The molecule has 0 radical (unpaired) electrons. The smallest absolute Gasteiger partial charge is 0.328 e. The molecule has 11 heteroatoms. The maximum Gasteiger partial charge on any atom is 0.328 e. The molecule has 36 heavy (non-hydrogen) atoms. The van der Waals surface area contributed by atoms with Gasteiger partial charge in [-0.05, 0) is 29.7 Å². The van der Waals surface area contributed by atoms with Crippen LogP contribution in [0.2, 0.25) is 0 Å². The van der Waals surface area contributed by atoms with Gasteiger partial charge in [0, 0.05) is 29.8 Å². The zero-order valence-corrected chi connectivity index (χ0v) is 21.5. The summed E-state index contributed by atoms with van der Waals surface area (Å²) in [5.74, 6) is 0.828. The second kappa shape index (κ2) is 9.30. The topological polar surface area (TPSA) is 131 Å². The van der Waals surface area contributed by atoms with E-state index in [0.29, 0.717) is 40.6 Å². The first-order valence-corrected chi connectivity index (χ1v) is 13.1. The highest BCUT2D eigenvalue weighted by Crippen LogP contribution is 2.43. The molecule has 10 nitrogen and oxygen atoms in total. The molecule has 0 saturated carbocycles. The molecule has 1 saturated heterocycles. The molecule has 0 aliphatic carbocycles. The van der Waals surface area contributed by atoms with Crippen molar-refractivity contribution < 1.29 is 27.2 Å². The third-order valence-corrected chi connectivity index (χ3v) is 6.20. The molecule has 0 unspecified atom stereocenters. The van der Waals surface area contributed by atoms with Crippen molar-refractivity contribution in [3.63, 3.8) is 0 Å². The van der Waals surface area contributed by atoms with Gasteiger partial charge in [-0.2, -0.15) is 0 Å². The van der Waals surface area contributed by atoms with Crippen LogP contribution in [0.4, 0.5) is 16.2 Å². The van der Waals surface area contributed by atoms with Gasteiger partial charge in [0.25, 0.3) is 0 Å². The molecule has 1 aliphatic rings. The lowest BCUT2D eigenvalue weighted by molar-refractivity contribution is -0.118. The van der Waals surface area contributed by atoms with E-state index in [-0.39, 0.29) is 18.2 Å². The van der Waals surface area contributed by atoms with Gasteiger partial charge in [0.1, 0.15) is 5.75 Å². The van der Waals surface area contributed by atoms with Crippen LogP contribution in [0.3, 0.4) is 0 Å². The molecule has 1 aliphatic heterocycles. The highest BCUT2D eigenvalue weighted by atomic mass is 32.2. The van der Waals surface area contributed by atoms with Crippen LogP contribution in [-0.4, -0.2) is 45.3 Å². The first-order valence-electron chi connectivity index (χ1n) is 11.2. The molecule has 0 spiro atoms. The summed E-state index contributed by atoms with van der Waals surface area (Å²) in [6.45, 7) is 6.28. The number of ether oxygens (including phenoxy) is 1. The Morgan fingerprint density at radius 1 is 1.17 bits per heavy atom. The van der Waals surface area contributed by atoms with Gasteiger partial charge in [0.05, 0.1) is 30.8 Å². The normalized spacial score (nSPS) is 14.5. The number of carbonyl (C=O) groups excluding carboxylic acids is 2. The molecule has 2 heterocycles. The monoisotopic (exact) mass is 512 g/mol. The maximum atomic E-state index is 12.6. The molecule has 1 fully saturated rings. The van der Waals surface area contributed by atoms with Crippen LogP contribution in [0.5, 0.6) is 5.75 Å². The standard InChI is InChI=1S/C25H28N4O6S/c1-25(2,3)19-13-17(29-21(30)9-10-26-24(29)31)12-18(22(19)34-4)23-27-14-20(35-23)15-7-6-8-16(11-15)28-36(5,32)33/h6-8,11-14,28H,9-10H2,1-5H3,(H,26,31). The minimum atomic E-state index is -3.44. The third-order valence-electron chi connectivity index (χ3n) is 5.60. The average Bonchev–Trinajstić information content (AvgIpc) is 3.27. The van der Waals surface area contributed by atoms with Crippen molar-refractivity contribution in [3.8, 4) is 28.5 Å². The third kappa shape index (κ3) is 5.20. The number of amides is 3. The summed E-state index contributed by atoms with van der Waals surface area (Å²) in [4.78, 5) is 30.7. The highest BCUT2D eigenvalue weighted by molar-refractivity contribution is 7.92.